The Labute approximate surface area is 184 Å². The number of benzene rings is 2. The number of Topliss-reactive ketones (excluding diaryl/α,β-unsaturated/α-hetero) is 1. The lowest BCUT2D eigenvalue weighted by Crippen LogP contribution is -2.43. The lowest BCUT2D eigenvalue weighted by atomic mass is 10.00. The van der Waals surface area contributed by atoms with Gasteiger partial charge in [-0.2, -0.15) is 0 Å². The van der Waals surface area contributed by atoms with Gasteiger partial charge in [-0.1, -0.05) is 49.3 Å². The van der Waals surface area contributed by atoms with E-state index in [2.05, 4.69) is 10.5 Å². The second-order valence-corrected chi connectivity index (χ2v) is 7.77. The maximum atomic E-state index is 13.2. The summed E-state index contributed by atoms with van der Waals surface area (Å²) in [4.78, 5) is 37.6. The molecule has 3 aromatic rings. The second kappa shape index (κ2) is 10.5. The summed E-state index contributed by atoms with van der Waals surface area (Å²) in [7, 11) is 0. The molecule has 0 spiro atoms. The van der Waals surface area contributed by atoms with Crippen LogP contribution in [-0.2, 0) is 16.1 Å². The number of carbonyl (C=O) groups is 2. The number of aromatic nitrogens is 2. The highest BCUT2D eigenvalue weighted by Crippen LogP contribution is 2.17. The highest BCUT2D eigenvalue weighted by molar-refractivity contribution is 5.96. The van der Waals surface area contributed by atoms with Gasteiger partial charge in [0.15, 0.2) is 11.6 Å². The van der Waals surface area contributed by atoms with Crippen molar-refractivity contribution in [3.05, 3.63) is 82.6 Å². The molecule has 3 rings (SSSR count). The lowest BCUT2D eigenvalue weighted by Gasteiger charge is -2.19. The molecule has 0 saturated heterocycles. The molecule has 1 aromatic heterocycles. The molecule has 0 aliphatic carbocycles. The van der Waals surface area contributed by atoms with Crippen LogP contribution in [0.15, 0.2) is 70.0 Å². The lowest BCUT2D eigenvalue weighted by molar-refractivity contribution is -0.126. The maximum absolute atomic E-state index is 13.2. The molecule has 0 saturated carbocycles. The van der Waals surface area contributed by atoms with Crippen LogP contribution in [0.4, 0.5) is 4.39 Å². The van der Waals surface area contributed by atoms with E-state index < -0.39 is 23.5 Å². The molecular formula is C24H24FN3O4. The first-order chi connectivity index (χ1) is 15.3. The van der Waals surface area contributed by atoms with Gasteiger partial charge in [-0.05, 0) is 48.2 Å². The predicted molar refractivity (Wildman–Crippen MR) is 118 cm³/mol. The number of carbonyl (C=O) groups excluding carboxylic acids is 2. The van der Waals surface area contributed by atoms with Gasteiger partial charge in [0.05, 0.1) is 12.6 Å². The zero-order valence-corrected chi connectivity index (χ0v) is 17.8. The van der Waals surface area contributed by atoms with Crippen molar-refractivity contribution >= 4 is 17.8 Å². The van der Waals surface area contributed by atoms with Crippen LogP contribution >= 0.6 is 0 Å². The molecule has 1 N–H and O–H groups in total. The van der Waals surface area contributed by atoms with Crippen LogP contribution in [0.2, 0.25) is 0 Å². The van der Waals surface area contributed by atoms with Crippen molar-refractivity contribution in [2.75, 3.05) is 0 Å². The molecule has 0 aliphatic heterocycles. The minimum Gasteiger partial charge on any atom is -0.343 e. The molecule has 8 heteroatoms. The number of hydrogen-bond acceptors (Lipinski definition) is 5. The molecule has 0 fully saturated rings. The minimum atomic E-state index is -0.809. The Morgan fingerprint density at radius 3 is 2.47 bits per heavy atom. The Morgan fingerprint density at radius 2 is 1.81 bits per heavy atom. The molecule has 2 aromatic carbocycles. The fraction of sp³-hybridized carbons (Fsp3) is 0.250. The number of nitrogens with zero attached hydrogens (tertiary/aromatic N) is 2. The van der Waals surface area contributed by atoms with E-state index in [-0.39, 0.29) is 24.1 Å². The molecular weight excluding hydrogens is 413 g/mol. The third kappa shape index (κ3) is 6.10. The average molecular weight is 437 g/mol. The Hall–Kier alpha value is -3.81. The predicted octanol–water partition coefficient (Wildman–Crippen LogP) is 3.46. The maximum Gasteiger partial charge on any atom is 0.442 e. The van der Waals surface area contributed by atoms with Crippen LogP contribution in [0, 0.1) is 11.7 Å². The third-order valence-electron chi connectivity index (χ3n) is 4.74. The van der Waals surface area contributed by atoms with Crippen LogP contribution in [0.25, 0.3) is 17.5 Å². The van der Waals surface area contributed by atoms with E-state index in [0.29, 0.717) is 12.0 Å². The van der Waals surface area contributed by atoms with Crippen molar-refractivity contribution in [2.45, 2.75) is 32.9 Å². The Bertz CT molecular complexity index is 1150. The summed E-state index contributed by atoms with van der Waals surface area (Å²) in [6.45, 7) is 3.53. The summed E-state index contributed by atoms with van der Waals surface area (Å²) in [5.41, 5.74) is 1.29. The standard InChI is InChI=1S/C24H24FN3O4/c1-16(2)14-20(26-22(30)13-8-17-6-4-3-5-7-17)21(29)15-28-23(27-32-24(28)31)18-9-11-19(25)12-10-18/h3-13,16,20H,14-15H2,1-2H3,(H,26,30)/t20-/m0/s1. The van der Waals surface area contributed by atoms with Crippen molar-refractivity contribution < 1.29 is 18.5 Å². The van der Waals surface area contributed by atoms with Gasteiger partial charge >= 0.3 is 5.76 Å². The molecule has 1 amide bonds. The highest BCUT2D eigenvalue weighted by atomic mass is 19.1. The van der Waals surface area contributed by atoms with Gasteiger partial charge in [-0.25, -0.2) is 13.8 Å². The smallest absolute Gasteiger partial charge is 0.343 e. The number of nitrogens with one attached hydrogen (secondary N) is 1. The third-order valence-corrected chi connectivity index (χ3v) is 4.74. The normalized spacial score (nSPS) is 12.2. The number of rotatable bonds is 9. The van der Waals surface area contributed by atoms with E-state index in [0.717, 1.165) is 10.1 Å². The van der Waals surface area contributed by atoms with Crippen molar-refractivity contribution in [1.29, 1.82) is 0 Å². The minimum absolute atomic E-state index is 0.113. The van der Waals surface area contributed by atoms with Crippen LogP contribution in [-0.4, -0.2) is 27.5 Å². The van der Waals surface area contributed by atoms with E-state index in [1.165, 1.54) is 30.3 Å². The molecule has 1 heterocycles. The average Bonchev–Trinajstić information content (AvgIpc) is 3.13. The van der Waals surface area contributed by atoms with Gasteiger partial charge in [0.1, 0.15) is 5.82 Å². The van der Waals surface area contributed by atoms with Gasteiger partial charge in [-0.3, -0.25) is 14.1 Å². The Balaban J connectivity index is 1.76. The van der Waals surface area contributed by atoms with E-state index >= 15 is 0 Å². The van der Waals surface area contributed by atoms with Crippen molar-refractivity contribution in [1.82, 2.24) is 15.0 Å². The van der Waals surface area contributed by atoms with Crippen LogP contribution in [0.3, 0.4) is 0 Å². The fourth-order valence-electron chi connectivity index (χ4n) is 3.18. The number of hydrogen-bond donors (Lipinski definition) is 1. The molecule has 32 heavy (non-hydrogen) atoms. The molecule has 0 aliphatic rings. The summed E-state index contributed by atoms with van der Waals surface area (Å²) < 4.78 is 19.0. The van der Waals surface area contributed by atoms with Crippen molar-refractivity contribution in [2.24, 2.45) is 5.92 Å². The largest absolute Gasteiger partial charge is 0.442 e. The van der Waals surface area contributed by atoms with E-state index in [9.17, 15) is 18.8 Å². The number of ketones is 1. The van der Waals surface area contributed by atoms with E-state index in [1.54, 1.807) is 6.08 Å². The molecule has 0 unspecified atom stereocenters. The summed E-state index contributed by atoms with van der Waals surface area (Å²) in [5, 5.41) is 6.44. The first-order valence-corrected chi connectivity index (χ1v) is 10.2. The molecule has 1 atom stereocenters. The number of amides is 1. The summed E-state index contributed by atoms with van der Waals surface area (Å²) in [5.74, 6) is -1.79. The molecule has 7 nitrogen and oxygen atoms in total. The van der Waals surface area contributed by atoms with Gasteiger partial charge in [0.2, 0.25) is 5.91 Å². The zero-order valence-electron chi connectivity index (χ0n) is 17.8. The number of halogens is 1. The van der Waals surface area contributed by atoms with Gasteiger partial charge in [-0.15, -0.1) is 0 Å². The monoisotopic (exact) mass is 437 g/mol. The summed E-state index contributed by atoms with van der Waals surface area (Å²) in [6.07, 6.45) is 3.42. The second-order valence-electron chi connectivity index (χ2n) is 7.77. The van der Waals surface area contributed by atoms with Crippen molar-refractivity contribution in [3.8, 4) is 11.4 Å². The van der Waals surface area contributed by atoms with Gasteiger partial charge in [0, 0.05) is 11.6 Å². The van der Waals surface area contributed by atoms with Gasteiger partial charge < -0.3 is 5.32 Å². The topological polar surface area (TPSA) is 94.2 Å². The Kier molecular flexibility index (Phi) is 7.49. The van der Waals surface area contributed by atoms with E-state index in [1.807, 2.05) is 44.2 Å². The molecule has 0 bridgehead atoms. The summed E-state index contributed by atoms with van der Waals surface area (Å²) in [6, 6.07) is 13.8. The first-order valence-electron chi connectivity index (χ1n) is 10.2. The van der Waals surface area contributed by atoms with Crippen LogP contribution in [0.1, 0.15) is 25.8 Å². The molecule has 0 radical (unpaired) electrons. The Morgan fingerprint density at radius 1 is 1.12 bits per heavy atom. The fourth-order valence-corrected chi connectivity index (χ4v) is 3.18. The molecule has 166 valence electrons. The van der Waals surface area contributed by atoms with E-state index in [4.69, 9.17) is 4.52 Å². The summed E-state index contributed by atoms with van der Waals surface area (Å²) >= 11 is 0. The van der Waals surface area contributed by atoms with Gasteiger partial charge in [0.25, 0.3) is 0 Å². The highest BCUT2D eigenvalue weighted by Gasteiger charge is 2.24. The quantitative estimate of drug-likeness (QED) is 0.518. The van der Waals surface area contributed by atoms with Crippen LogP contribution < -0.4 is 11.1 Å². The van der Waals surface area contributed by atoms with Crippen LogP contribution in [0.5, 0.6) is 0 Å². The zero-order chi connectivity index (χ0) is 23.1. The SMILES string of the molecule is CC(C)C[C@H](NC(=O)C=Cc1ccccc1)C(=O)Cn1c(-c2ccc(F)cc2)noc1=O. The van der Waals surface area contributed by atoms with Crippen molar-refractivity contribution in [3.63, 3.8) is 0 Å². The first kappa shape index (κ1) is 22.9.